The average Bonchev–Trinajstić information content (AvgIpc) is 3.54. The molecule has 0 bridgehead atoms. The fraction of sp³-hybridized carbons (Fsp3) is 0.333. The maximum absolute atomic E-state index is 12.5. The fourth-order valence-corrected chi connectivity index (χ4v) is 5.06. The van der Waals surface area contributed by atoms with E-state index >= 15 is 0 Å². The second-order valence-electron chi connectivity index (χ2n) is 7.74. The number of carbonyl (C=O) groups is 3. The molecule has 1 aromatic carbocycles. The van der Waals surface area contributed by atoms with Gasteiger partial charge in [-0.15, -0.1) is 22.7 Å². The molecule has 3 N–H and O–H groups in total. The van der Waals surface area contributed by atoms with Gasteiger partial charge in [0.15, 0.2) is 0 Å². The molecular formula is C24H28N4O6S2. The lowest BCUT2D eigenvalue weighted by Gasteiger charge is -2.33. The van der Waals surface area contributed by atoms with Crippen molar-refractivity contribution >= 4 is 46.2 Å². The maximum atomic E-state index is 12.5. The van der Waals surface area contributed by atoms with Crippen LogP contribution in [0.2, 0.25) is 0 Å². The number of benzene rings is 1. The van der Waals surface area contributed by atoms with Gasteiger partial charge in [0.2, 0.25) is 5.91 Å². The number of rotatable bonds is 8. The predicted octanol–water partition coefficient (Wildman–Crippen LogP) is 3.18. The molecule has 0 spiro atoms. The summed E-state index contributed by atoms with van der Waals surface area (Å²) in [7, 11) is 0. The fourth-order valence-electron chi connectivity index (χ4n) is 3.46. The van der Waals surface area contributed by atoms with Crippen molar-refractivity contribution in [2.24, 2.45) is 0 Å². The number of carboxylic acid groups (broad SMARTS) is 2. The Morgan fingerprint density at radius 1 is 1.00 bits per heavy atom. The number of hydrogen-bond donors (Lipinski definition) is 3. The number of aromatic nitrogens is 1. The van der Waals surface area contributed by atoms with Crippen LogP contribution in [0, 0.1) is 0 Å². The number of ether oxygens (including phenoxy) is 1. The van der Waals surface area contributed by atoms with E-state index in [1.165, 1.54) is 4.88 Å². The Kier molecular flexibility index (Phi) is 10.4. The van der Waals surface area contributed by atoms with Crippen LogP contribution in [0.25, 0.3) is 10.6 Å². The first-order valence-corrected chi connectivity index (χ1v) is 13.0. The van der Waals surface area contributed by atoms with Crippen molar-refractivity contribution in [1.82, 2.24) is 14.8 Å². The van der Waals surface area contributed by atoms with Crippen LogP contribution in [-0.4, -0.2) is 82.2 Å². The summed E-state index contributed by atoms with van der Waals surface area (Å²) in [5.74, 6) is -2.94. The van der Waals surface area contributed by atoms with Crippen LogP contribution in [0.15, 0.2) is 47.2 Å². The molecule has 0 saturated carbocycles. The van der Waals surface area contributed by atoms with Gasteiger partial charge in [-0.05, 0) is 30.5 Å². The minimum atomic E-state index is -1.82. The summed E-state index contributed by atoms with van der Waals surface area (Å²) >= 11 is 3.45. The zero-order valence-electron chi connectivity index (χ0n) is 19.8. The van der Waals surface area contributed by atoms with E-state index in [1.807, 2.05) is 31.2 Å². The number of thiazole rings is 1. The van der Waals surface area contributed by atoms with Crippen molar-refractivity contribution in [2.45, 2.75) is 13.5 Å². The van der Waals surface area contributed by atoms with Gasteiger partial charge in [-0.2, -0.15) is 0 Å². The highest BCUT2D eigenvalue weighted by molar-refractivity contribution is 7.14. The number of nitrogens with one attached hydrogen (secondary N) is 1. The van der Waals surface area contributed by atoms with E-state index in [-0.39, 0.29) is 5.91 Å². The molecule has 1 saturated heterocycles. The molecule has 36 heavy (non-hydrogen) atoms. The molecule has 3 heterocycles. The standard InChI is InChI=1S/C22H26N4O2S2.C2H2O4/c1-2-28-19-7-4-3-6-17(19)23-21(27)14-25-9-11-26(12-10-25)15-22-24-18(16-30-22)20-8-5-13-29-20;3-1(4)2(5)6/h3-8,13,16H,2,9-12,14-15H2,1H3,(H,23,27);(H,3,4)(H,5,6). The monoisotopic (exact) mass is 532 g/mol. The first-order valence-electron chi connectivity index (χ1n) is 11.3. The number of thiophene rings is 1. The molecule has 0 atom stereocenters. The van der Waals surface area contributed by atoms with E-state index in [1.54, 1.807) is 22.7 Å². The minimum Gasteiger partial charge on any atom is -0.492 e. The smallest absolute Gasteiger partial charge is 0.414 e. The molecule has 0 radical (unpaired) electrons. The van der Waals surface area contributed by atoms with E-state index in [2.05, 4.69) is 38.0 Å². The number of carbonyl (C=O) groups excluding carboxylic acids is 1. The number of piperazine rings is 1. The number of para-hydroxylation sites is 2. The third kappa shape index (κ3) is 8.41. The highest BCUT2D eigenvalue weighted by Crippen LogP contribution is 2.27. The van der Waals surface area contributed by atoms with Crippen LogP contribution in [-0.2, 0) is 20.9 Å². The summed E-state index contributed by atoms with van der Waals surface area (Å²) in [4.78, 5) is 41.3. The zero-order valence-corrected chi connectivity index (χ0v) is 21.4. The molecule has 0 unspecified atom stereocenters. The molecule has 1 aliphatic heterocycles. The summed E-state index contributed by atoms with van der Waals surface area (Å²) < 4.78 is 5.58. The Balaban J connectivity index is 0.000000538. The molecule has 1 aliphatic rings. The van der Waals surface area contributed by atoms with E-state index in [0.717, 1.165) is 49.1 Å². The maximum Gasteiger partial charge on any atom is 0.414 e. The molecule has 192 valence electrons. The Hall–Kier alpha value is -3.32. The number of hydrogen-bond acceptors (Lipinski definition) is 9. The third-order valence-electron chi connectivity index (χ3n) is 5.16. The van der Waals surface area contributed by atoms with Crippen LogP contribution in [0.3, 0.4) is 0 Å². The van der Waals surface area contributed by atoms with Gasteiger partial charge >= 0.3 is 11.9 Å². The van der Waals surface area contributed by atoms with Crippen molar-refractivity contribution in [3.63, 3.8) is 0 Å². The zero-order chi connectivity index (χ0) is 25.9. The average molecular weight is 533 g/mol. The van der Waals surface area contributed by atoms with Crippen LogP contribution in [0.1, 0.15) is 11.9 Å². The molecule has 2 aromatic heterocycles. The predicted molar refractivity (Wildman–Crippen MR) is 139 cm³/mol. The molecule has 12 heteroatoms. The van der Waals surface area contributed by atoms with Gasteiger partial charge in [0.05, 0.1) is 36.0 Å². The Morgan fingerprint density at radius 2 is 1.69 bits per heavy atom. The largest absolute Gasteiger partial charge is 0.492 e. The van der Waals surface area contributed by atoms with Crippen LogP contribution >= 0.6 is 22.7 Å². The van der Waals surface area contributed by atoms with Gasteiger partial charge < -0.3 is 20.3 Å². The lowest BCUT2D eigenvalue weighted by molar-refractivity contribution is -0.159. The molecule has 3 aromatic rings. The number of anilines is 1. The van der Waals surface area contributed by atoms with E-state index in [4.69, 9.17) is 29.5 Å². The number of nitrogens with zero attached hydrogens (tertiary/aromatic N) is 3. The van der Waals surface area contributed by atoms with Gasteiger partial charge in [0, 0.05) is 31.6 Å². The molecular weight excluding hydrogens is 504 g/mol. The normalized spacial score (nSPS) is 13.9. The summed E-state index contributed by atoms with van der Waals surface area (Å²) in [6, 6.07) is 11.7. The van der Waals surface area contributed by atoms with Crippen LogP contribution in [0.5, 0.6) is 5.75 Å². The lowest BCUT2D eigenvalue weighted by atomic mass is 10.2. The highest BCUT2D eigenvalue weighted by Gasteiger charge is 2.20. The van der Waals surface area contributed by atoms with Crippen molar-refractivity contribution < 1.29 is 29.3 Å². The highest BCUT2D eigenvalue weighted by atomic mass is 32.1. The number of carboxylic acids is 2. The van der Waals surface area contributed by atoms with Gasteiger partial charge in [0.25, 0.3) is 0 Å². The Labute approximate surface area is 216 Å². The van der Waals surface area contributed by atoms with Gasteiger partial charge in [0.1, 0.15) is 10.8 Å². The van der Waals surface area contributed by atoms with Crippen LogP contribution in [0.4, 0.5) is 5.69 Å². The van der Waals surface area contributed by atoms with Crippen molar-refractivity contribution in [1.29, 1.82) is 0 Å². The van der Waals surface area contributed by atoms with E-state index in [9.17, 15) is 4.79 Å². The number of amides is 1. The van der Waals surface area contributed by atoms with Crippen molar-refractivity contribution in [3.8, 4) is 16.3 Å². The summed E-state index contributed by atoms with van der Waals surface area (Å²) in [5.41, 5.74) is 1.81. The third-order valence-corrected chi connectivity index (χ3v) is 6.89. The molecule has 10 nitrogen and oxygen atoms in total. The topological polar surface area (TPSA) is 132 Å². The van der Waals surface area contributed by atoms with Crippen LogP contribution < -0.4 is 10.1 Å². The SMILES string of the molecule is CCOc1ccccc1NC(=O)CN1CCN(Cc2nc(-c3cccs3)cs2)CC1.O=C(O)C(=O)O. The second kappa shape index (κ2) is 13.7. The quantitative estimate of drug-likeness (QED) is 0.374. The summed E-state index contributed by atoms with van der Waals surface area (Å²) in [6.45, 7) is 7.42. The first-order chi connectivity index (χ1) is 17.4. The Morgan fingerprint density at radius 3 is 2.33 bits per heavy atom. The van der Waals surface area contributed by atoms with Crippen molar-refractivity contribution in [2.75, 3.05) is 44.6 Å². The minimum absolute atomic E-state index is 0.00360. The van der Waals surface area contributed by atoms with Crippen molar-refractivity contribution in [3.05, 3.63) is 52.2 Å². The molecule has 4 rings (SSSR count). The molecule has 0 aliphatic carbocycles. The summed E-state index contributed by atoms with van der Waals surface area (Å²) in [6.07, 6.45) is 0. The Bertz CT molecular complexity index is 1130. The van der Waals surface area contributed by atoms with E-state index in [0.29, 0.717) is 18.9 Å². The molecule has 1 fully saturated rings. The van der Waals surface area contributed by atoms with Gasteiger partial charge in [-0.1, -0.05) is 18.2 Å². The lowest BCUT2D eigenvalue weighted by Crippen LogP contribution is -2.48. The van der Waals surface area contributed by atoms with Gasteiger partial charge in [-0.25, -0.2) is 14.6 Å². The van der Waals surface area contributed by atoms with Gasteiger partial charge in [-0.3, -0.25) is 14.6 Å². The summed E-state index contributed by atoms with van der Waals surface area (Å²) in [5, 5.41) is 23.1. The molecule has 1 amide bonds. The first kappa shape index (κ1) is 27.3. The van der Waals surface area contributed by atoms with E-state index < -0.39 is 11.9 Å². The second-order valence-corrected chi connectivity index (χ2v) is 9.63. The number of aliphatic carboxylic acids is 2.